The Balaban J connectivity index is 1.52. The molecule has 1 atom stereocenters. The average molecular weight is 604 g/mol. The van der Waals surface area contributed by atoms with Crippen LogP contribution >= 0.6 is 0 Å². The van der Waals surface area contributed by atoms with Crippen molar-refractivity contribution in [1.82, 2.24) is 9.78 Å². The first-order valence-electron chi connectivity index (χ1n) is 13.4. The Morgan fingerprint density at radius 3 is 2.53 bits per heavy atom. The van der Waals surface area contributed by atoms with Crippen molar-refractivity contribution in [2.24, 2.45) is 7.05 Å². The Kier molecular flexibility index (Phi) is 9.71. The average Bonchev–Trinajstić information content (AvgIpc) is 3.32. The highest BCUT2D eigenvalue weighted by atomic mass is 19.4. The standard InChI is InChI=1S/C29H32F3N5O6/c1-36(2)23-13-22(35-28(40)41)21(12-20(23)29(30,31)32)34-25(39)14-24(38)17-7-6-8-18(11-17)27-19(15-33-37(27)3)16-43-26-9-4-5-10-42-26/h6-8,11-13,15,26,35H,4-5,9-10,14,16H2,1-3H3,(H,34,39)(H,40,41). The second-order valence-electron chi connectivity index (χ2n) is 10.2. The van der Waals surface area contributed by atoms with Crippen molar-refractivity contribution in [2.75, 3.05) is 36.2 Å². The molecule has 2 amide bonds. The molecule has 1 fully saturated rings. The minimum atomic E-state index is -4.80. The number of aromatic nitrogens is 2. The summed E-state index contributed by atoms with van der Waals surface area (Å²) in [5, 5.41) is 17.8. The number of anilines is 3. The molecule has 2 heterocycles. The molecule has 0 spiro atoms. The Morgan fingerprint density at radius 2 is 1.88 bits per heavy atom. The predicted molar refractivity (Wildman–Crippen MR) is 152 cm³/mol. The van der Waals surface area contributed by atoms with Gasteiger partial charge in [0.2, 0.25) is 5.91 Å². The Hall–Kier alpha value is -4.43. The molecule has 0 radical (unpaired) electrons. The number of aryl methyl sites for hydroxylation is 1. The SMILES string of the molecule is CN(C)c1cc(NC(=O)O)c(NC(=O)CC(=O)c2cccc(-c3c(COC4CCCCO4)cnn3C)c2)cc1C(F)(F)F. The molecule has 1 aliphatic heterocycles. The predicted octanol–water partition coefficient (Wildman–Crippen LogP) is 5.52. The highest BCUT2D eigenvalue weighted by Crippen LogP contribution is 2.41. The van der Waals surface area contributed by atoms with Crippen LogP contribution < -0.4 is 15.5 Å². The van der Waals surface area contributed by atoms with Gasteiger partial charge in [0.1, 0.15) is 0 Å². The second-order valence-corrected chi connectivity index (χ2v) is 10.2. The van der Waals surface area contributed by atoms with Gasteiger partial charge in [-0.05, 0) is 37.5 Å². The van der Waals surface area contributed by atoms with E-state index in [2.05, 4.69) is 10.4 Å². The quantitative estimate of drug-likeness (QED) is 0.204. The summed E-state index contributed by atoms with van der Waals surface area (Å²) in [6.07, 6.45) is -2.86. The van der Waals surface area contributed by atoms with Crippen LogP contribution in [0, 0.1) is 0 Å². The van der Waals surface area contributed by atoms with Gasteiger partial charge in [0, 0.05) is 44.4 Å². The van der Waals surface area contributed by atoms with Crippen LogP contribution in [0.1, 0.15) is 47.2 Å². The zero-order valence-corrected chi connectivity index (χ0v) is 23.8. The number of hydrogen-bond acceptors (Lipinski definition) is 7. The lowest BCUT2D eigenvalue weighted by Crippen LogP contribution is -2.22. The van der Waals surface area contributed by atoms with Crippen molar-refractivity contribution in [3.63, 3.8) is 0 Å². The first-order valence-corrected chi connectivity index (χ1v) is 13.4. The van der Waals surface area contributed by atoms with Crippen molar-refractivity contribution in [3.8, 4) is 11.3 Å². The first-order chi connectivity index (χ1) is 20.3. The van der Waals surface area contributed by atoms with E-state index in [1.165, 1.54) is 25.1 Å². The number of Topliss-reactive ketones (excluding diaryl/α,β-unsaturated/α-hetero) is 1. The van der Waals surface area contributed by atoms with E-state index in [1.807, 2.05) is 5.32 Å². The summed E-state index contributed by atoms with van der Waals surface area (Å²) in [6, 6.07) is 8.14. The van der Waals surface area contributed by atoms with Gasteiger partial charge in [0.25, 0.3) is 0 Å². The highest BCUT2D eigenvalue weighted by Gasteiger charge is 2.35. The lowest BCUT2D eigenvalue weighted by atomic mass is 10.0. The molecule has 4 rings (SSSR count). The third-order valence-electron chi connectivity index (χ3n) is 6.80. The number of nitrogens with one attached hydrogen (secondary N) is 2. The molecule has 1 aromatic heterocycles. The molecular formula is C29H32F3N5O6. The minimum absolute atomic E-state index is 0.194. The Bertz CT molecular complexity index is 1500. The number of amides is 2. The number of carbonyl (C=O) groups excluding carboxylic acids is 2. The van der Waals surface area contributed by atoms with E-state index in [4.69, 9.17) is 9.47 Å². The molecule has 0 bridgehead atoms. The summed E-state index contributed by atoms with van der Waals surface area (Å²) in [7, 11) is 4.48. The Labute approximate surface area is 245 Å². The van der Waals surface area contributed by atoms with E-state index in [0.29, 0.717) is 23.9 Å². The monoisotopic (exact) mass is 603 g/mol. The lowest BCUT2D eigenvalue weighted by Gasteiger charge is -2.22. The zero-order chi connectivity index (χ0) is 31.3. The highest BCUT2D eigenvalue weighted by molar-refractivity contribution is 6.12. The maximum atomic E-state index is 13.8. The third-order valence-corrected chi connectivity index (χ3v) is 6.80. The van der Waals surface area contributed by atoms with Gasteiger partial charge in [0.15, 0.2) is 12.1 Å². The number of alkyl halides is 3. The summed E-state index contributed by atoms with van der Waals surface area (Å²) in [5.74, 6) is -1.51. The van der Waals surface area contributed by atoms with Crippen molar-refractivity contribution in [1.29, 1.82) is 0 Å². The van der Waals surface area contributed by atoms with Crippen LogP contribution in [-0.4, -0.2) is 59.7 Å². The summed E-state index contributed by atoms with van der Waals surface area (Å²) in [6.45, 7) is 0.887. The molecule has 14 heteroatoms. The number of nitrogens with zero attached hydrogens (tertiary/aromatic N) is 3. The van der Waals surface area contributed by atoms with Crippen LogP contribution in [0.15, 0.2) is 42.6 Å². The second kappa shape index (κ2) is 13.3. The van der Waals surface area contributed by atoms with Gasteiger partial charge in [-0.1, -0.05) is 18.2 Å². The van der Waals surface area contributed by atoms with E-state index in [9.17, 15) is 32.7 Å². The number of halogens is 3. The molecule has 230 valence electrons. The van der Waals surface area contributed by atoms with Crippen LogP contribution in [0.2, 0.25) is 0 Å². The van der Waals surface area contributed by atoms with Crippen molar-refractivity contribution >= 4 is 34.8 Å². The molecular weight excluding hydrogens is 571 g/mol. The van der Waals surface area contributed by atoms with Crippen LogP contribution in [0.5, 0.6) is 0 Å². The van der Waals surface area contributed by atoms with E-state index in [1.54, 1.807) is 36.1 Å². The van der Waals surface area contributed by atoms with E-state index < -0.39 is 41.6 Å². The molecule has 0 saturated carbocycles. The van der Waals surface area contributed by atoms with Crippen LogP contribution in [0.4, 0.5) is 35.0 Å². The molecule has 2 aromatic carbocycles. The topological polar surface area (TPSA) is 135 Å². The fourth-order valence-corrected chi connectivity index (χ4v) is 4.78. The first kappa shape index (κ1) is 31.5. The summed E-state index contributed by atoms with van der Waals surface area (Å²) >= 11 is 0. The number of carboxylic acid groups (broad SMARTS) is 1. The number of ether oxygens (including phenoxy) is 2. The number of ketones is 1. The Morgan fingerprint density at radius 1 is 1.14 bits per heavy atom. The summed E-state index contributed by atoms with van der Waals surface area (Å²) < 4.78 is 54.4. The van der Waals surface area contributed by atoms with Crippen LogP contribution in [0.3, 0.4) is 0 Å². The number of benzene rings is 2. The van der Waals surface area contributed by atoms with Crippen LogP contribution in [-0.2, 0) is 34.1 Å². The molecule has 0 aliphatic carbocycles. The van der Waals surface area contributed by atoms with Gasteiger partial charge in [-0.2, -0.15) is 18.3 Å². The molecule has 1 unspecified atom stereocenters. The van der Waals surface area contributed by atoms with E-state index in [-0.39, 0.29) is 29.8 Å². The van der Waals surface area contributed by atoms with Gasteiger partial charge in [-0.3, -0.25) is 19.6 Å². The smallest absolute Gasteiger partial charge is 0.418 e. The fourth-order valence-electron chi connectivity index (χ4n) is 4.78. The summed E-state index contributed by atoms with van der Waals surface area (Å²) in [4.78, 5) is 38.4. The maximum absolute atomic E-state index is 13.8. The third kappa shape index (κ3) is 7.90. The molecule has 1 aliphatic rings. The van der Waals surface area contributed by atoms with Crippen molar-refractivity contribution < 1.29 is 42.1 Å². The van der Waals surface area contributed by atoms with Gasteiger partial charge < -0.3 is 24.8 Å². The van der Waals surface area contributed by atoms with Gasteiger partial charge >= 0.3 is 12.3 Å². The molecule has 43 heavy (non-hydrogen) atoms. The minimum Gasteiger partial charge on any atom is -0.465 e. The largest absolute Gasteiger partial charge is 0.465 e. The normalized spacial score (nSPS) is 15.2. The van der Waals surface area contributed by atoms with Gasteiger partial charge in [-0.15, -0.1) is 0 Å². The number of hydrogen-bond donors (Lipinski definition) is 3. The maximum Gasteiger partial charge on any atom is 0.418 e. The number of carbonyl (C=O) groups is 3. The van der Waals surface area contributed by atoms with Crippen molar-refractivity contribution in [2.45, 2.75) is 44.8 Å². The molecule has 1 saturated heterocycles. The summed E-state index contributed by atoms with van der Waals surface area (Å²) in [5.41, 5.74) is 0.210. The van der Waals surface area contributed by atoms with Gasteiger partial charge in [0.05, 0.1) is 47.5 Å². The van der Waals surface area contributed by atoms with E-state index >= 15 is 0 Å². The molecule has 3 aromatic rings. The van der Waals surface area contributed by atoms with Gasteiger partial charge in [-0.25, -0.2) is 4.79 Å². The van der Waals surface area contributed by atoms with E-state index in [0.717, 1.165) is 30.9 Å². The zero-order valence-electron chi connectivity index (χ0n) is 23.8. The molecule has 11 nitrogen and oxygen atoms in total. The number of rotatable bonds is 10. The fraction of sp³-hybridized carbons (Fsp3) is 0.379. The lowest BCUT2D eigenvalue weighted by molar-refractivity contribution is -0.168. The van der Waals surface area contributed by atoms with Crippen LogP contribution in [0.25, 0.3) is 11.3 Å². The molecule has 3 N–H and O–H groups in total. The van der Waals surface area contributed by atoms with Crippen molar-refractivity contribution in [3.05, 3.63) is 59.3 Å².